The monoisotopic (exact) mass is 298 g/mol. The fourth-order valence-corrected chi connectivity index (χ4v) is 1.96. The second-order valence-electron chi connectivity index (χ2n) is 3.81. The highest BCUT2D eigenvalue weighted by Crippen LogP contribution is 2.24. The first kappa shape index (κ1) is 14.1. The van der Waals surface area contributed by atoms with Gasteiger partial charge in [0.15, 0.2) is 11.5 Å². The Bertz CT molecular complexity index is 742. The number of ketones is 1. The van der Waals surface area contributed by atoms with Crippen LogP contribution in [-0.4, -0.2) is 14.2 Å². The van der Waals surface area contributed by atoms with Crippen LogP contribution < -0.4 is 4.18 Å². The van der Waals surface area contributed by atoms with Gasteiger partial charge in [0.25, 0.3) is 0 Å². The van der Waals surface area contributed by atoms with Gasteiger partial charge in [0.1, 0.15) is 5.82 Å². The highest BCUT2D eigenvalue weighted by molar-refractivity contribution is 7.81. The lowest BCUT2D eigenvalue weighted by Crippen LogP contribution is -2.08. The zero-order chi connectivity index (χ0) is 14.8. The second-order valence-corrected chi connectivity index (χ2v) is 4.76. The molecule has 0 aliphatic rings. The Morgan fingerprint density at radius 2 is 1.70 bits per heavy atom. The molecular formula is C13H8F2O4S. The molecule has 4 nitrogen and oxygen atoms in total. The second kappa shape index (κ2) is 5.38. The van der Waals surface area contributed by atoms with E-state index in [4.69, 9.17) is 0 Å². The molecule has 0 spiro atoms. The Labute approximate surface area is 114 Å². The first-order valence-electron chi connectivity index (χ1n) is 5.40. The molecule has 0 saturated carbocycles. The molecule has 0 N–H and O–H groups in total. The van der Waals surface area contributed by atoms with Crippen LogP contribution in [0.5, 0.6) is 5.75 Å². The SMILES string of the molecule is O=C(c1ccccc1)c1cc(F)ccc1OS(=O)(=O)F. The van der Waals surface area contributed by atoms with E-state index in [-0.39, 0.29) is 11.1 Å². The normalized spacial score (nSPS) is 11.1. The quantitative estimate of drug-likeness (QED) is 0.643. The summed E-state index contributed by atoms with van der Waals surface area (Å²) in [5.74, 6) is -2.01. The summed E-state index contributed by atoms with van der Waals surface area (Å²) in [5, 5.41) is 0. The van der Waals surface area contributed by atoms with Gasteiger partial charge >= 0.3 is 10.5 Å². The molecule has 0 aliphatic carbocycles. The Hall–Kier alpha value is -2.28. The minimum absolute atomic E-state index is 0.194. The van der Waals surface area contributed by atoms with Gasteiger partial charge in [0.2, 0.25) is 0 Å². The number of benzene rings is 2. The predicted octanol–water partition coefficient (Wildman–Crippen LogP) is 2.65. The molecule has 0 radical (unpaired) electrons. The third-order valence-corrected chi connectivity index (χ3v) is 2.79. The van der Waals surface area contributed by atoms with E-state index < -0.39 is 27.9 Å². The summed E-state index contributed by atoms with van der Waals surface area (Å²) in [6.45, 7) is 0. The highest BCUT2D eigenvalue weighted by Gasteiger charge is 2.20. The summed E-state index contributed by atoms with van der Waals surface area (Å²) < 4.78 is 50.8. The van der Waals surface area contributed by atoms with Crippen LogP contribution in [0.25, 0.3) is 0 Å². The molecule has 2 aromatic rings. The lowest BCUT2D eigenvalue weighted by Gasteiger charge is -2.07. The van der Waals surface area contributed by atoms with Crippen LogP contribution in [0.2, 0.25) is 0 Å². The number of carbonyl (C=O) groups is 1. The molecule has 2 aromatic carbocycles. The fourth-order valence-electron chi connectivity index (χ4n) is 1.60. The van der Waals surface area contributed by atoms with Crippen LogP contribution in [-0.2, 0) is 10.5 Å². The van der Waals surface area contributed by atoms with E-state index in [0.717, 1.165) is 18.2 Å². The summed E-state index contributed by atoms with van der Waals surface area (Å²) in [7, 11) is -5.30. The van der Waals surface area contributed by atoms with Gasteiger partial charge in [0, 0.05) is 5.56 Å². The third kappa shape index (κ3) is 3.39. The molecule has 0 atom stereocenters. The minimum atomic E-state index is -5.30. The molecule has 0 fully saturated rings. The topological polar surface area (TPSA) is 60.4 Å². The maximum atomic E-state index is 13.2. The summed E-state index contributed by atoms with van der Waals surface area (Å²) in [5.41, 5.74) is -0.184. The molecule has 0 aliphatic heterocycles. The molecule has 104 valence electrons. The predicted molar refractivity (Wildman–Crippen MR) is 66.9 cm³/mol. The average Bonchev–Trinajstić information content (AvgIpc) is 2.39. The van der Waals surface area contributed by atoms with Crippen molar-refractivity contribution in [1.82, 2.24) is 0 Å². The van der Waals surface area contributed by atoms with Crippen LogP contribution in [0.3, 0.4) is 0 Å². The standard InChI is InChI=1S/C13H8F2O4S/c14-10-6-7-12(19-20(15,17)18)11(8-10)13(16)9-4-2-1-3-5-9/h1-8H. The van der Waals surface area contributed by atoms with E-state index in [9.17, 15) is 21.5 Å². The van der Waals surface area contributed by atoms with Gasteiger partial charge in [-0.2, -0.15) is 8.42 Å². The Kier molecular flexibility index (Phi) is 3.80. The van der Waals surface area contributed by atoms with Gasteiger partial charge in [0.05, 0.1) is 5.56 Å². The zero-order valence-corrected chi connectivity index (χ0v) is 10.7. The van der Waals surface area contributed by atoms with Gasteiger partial charge in [-0.3, -0.25) is 4.79 Å². The van der Waals surface area contributed by atoms with E-state index >= 15 is 0 Å². The van der Waals surface area contributed by atoms with E-state index in [2.05, 4.69) is 4.18 Å². The van der Waals surface area contributed by atoms with Crippen LogP contribution in [0.4, 0.5) is 8.28 Å². The average molecular weight is 298 g/mol. The van der Waals surface area contributed by atoms with E-state index in [1.165, 1.54) is 12.1 Å². The molecule has 0 saturated heterocycles. The van der Waals surface area contributed by atoms with Crippen molar-refractivity contribution >= 4 is 16.3 Å². The third-order valence-electron chi connectivity index (χ3n) is 2.41. The van der Waals surface area contributed by atoms with E-state index in [1.807, 2.05) is 0 Å². The van der Waals surface area contributed by atoms with Crippen molar-refractivity contribution < 1.29 is 25.7 Å². The smallest absolute Gasteiger partial charge is 0.358 e. The largest absolute Gasteiger partial charge is 0.488 e. The molecule has 0 bridgehead atoms. The van der Waals surface area contributed by atoms with Crippen molar-refractivity contribution in [2.24, 2.45) is 0 Å². The molecular weight excluding hydrogens is 290 g/mol. The number of hydrogen-bond donors (Lipinski definition) is 0. The molecule has 0 aromatic heterocycles. The van der Waals surface area contributed by atoms with E-state index in [1.54, 1.807) is 18.2 Å². The number of hydrogen-bond acceptors (Lipinski definition) is 4. The van der Waals surface area contributed by atoms with Crippen molar-refractivity contribution in [3.63, 3.8) is 0 Å². The Morgan fingerprint density at radius 1 is 1.05 bits per heavy atom. The van der Waals surface area contributed by atoms with Crippen molar-refractivity contribution in [3.8, 4) is 5.75 Å². The van der Waals surface area contributed by atoms with Crippen molar-refractivity contribution in [1.29, 1.82) is 0 Å². The molecule has 0 heterocycles. The van der Waals surface area contributed by atoms with E-state index in [0.29, 0.717) is 0 Å². The molecule has 0 unspecified atom stereocenters. The van der Waals surface area contributed by atoms with Crippen molar-refractivity contribution in [2.75, 3.05) is 0 Å². The van der Waals surface area contributed by atoms with Crippen molar-refractivity contribution in [2.45, 2.75) is 0 Å². The molecule has 2 rings (SSSR count). The number of carbonyl (C=O) groups excluding carboxylic acids is 1. The number of rotatable bonds is 4. The lowest BCUT2D eigenvalue weighted by molar-refractivity contribution is 0.103. The van der Waals surface area contributed by atoms with Gasteiger partial charge in [-0.15, -0.1) is 0 Å². The van der Waals surface area contributed by atoms with Crippen LogP contribution >= 0.6 is 0 Å². The van der Waals surface area contributed by atoms with Crippen LogP contribution in [0.15, 0.2) is 48.5 Å². The first-order valence-corrected chi connectivity index (χ1v) is 6.71. The Morgan fingerprint density at radius 3 is 2.30 bits per heavy atom. The molecule has 7 heteroatoms. The fraction of sp³-hybridized carbons (Fsp3) is 0. The van der Waals surface area contributed by atoms with Gasteiger partial charge in [-0.1, -0.05) is 34.2 Å². The van der Waals surface area contributed by atoms with Gasteiger partial charge in [-0.25, -0.2) is 4.39 Å². The van der Waals surface area contributed by atoms with Crippen LogP contribution in [0, 0.1) is 5.82 Å². The Balaban J connectivity index is 2.50. The molecule has 0 amide bonds. The summed E-state index contributed by atoms with van der Waals surface area (Å²) in [4.78, 5) is 12.1. The van der Waals surface area contributed by atoms with Gasteiger partial charge in [-0.05, 0) is 18.2 Å². The molecule has 20 heavy (non-hydrogen) atoms. The minimum Gasteiger partial charge on any atom is -0.358 e. The zero-order valence-electron chi connectivity index (χ0n) is 9.92. The van der Waals surface area contributed by atoms with Crippen LogP contribution in [0.1, 0.15) is 15.9 Å². The maximum absolute atomic E-state index is 13.2. The summed E-state index contributed by atoms with van der Waals surface area (Å²) in [6, 6.07) is 10.3. The van der Waals surface area contributed by atoms with Crippen molar-refractivity contribution in [3.05, 3.63) is 65.5 Å². The summed E-state index contributed by atoms with van der Waals surface area (Å²) in [6.07, 6.45) is 0. The lowest BCUT2D eigenvalue weighted by atomic mass is 10.0. The maximum Gasteiger partial charge on any atom is 0.488 e. The first-order chi connectivity index (χ1) is 9.37. The highest BCUT2D eigenvalue weighted by atomic mass is 32.3. The summed E-state index contributed by atoms with van der Waals surface area (Å²) >= 11 is 0. The van der Waals surface area contributed by atoms with Gasteiger partial charge < -0.3 is 4.18 Å². The number of halogens is 2.